The van der Waals surface area contributed by atoms with Gasteiger partial charge in [0.25, 0.3) is 10.0 Å². The minimum Gasteiger partial charge on any atom is -0.458 e. The molecule has 5 aromatic carbocycles. The number of fused-ring (bicyclic) bond motifs is 3. The van der Waals surface area contributed by atoms with Crippen LogP contribution < -0.4 is 4.31 Å². The van der Waals surface area contributed by atoms with Crippen molar-refractivity contribution in [1.29, 1.82) is 0 Å². The van der Waals surface area contributed by atoms with Crippen LogP contribution in [0.25, 0.3) is 11.0 Å². The molecule has 46 heavy (non-hydrogen) atoms. The molecule has 1 aromatic heterocycles. The van der Waals surface area contributed by atoms with Crippen LogP contribution in [0.4, 0.5) is 5.69 Å². The number of rotatable bonds is 6. The maximum Gasteiger partial charge on any atom is 0.264 e. The molecule has 1 aliphatic rings. The van der Waals surface area contributed by atoms with Crippen molar-refractivity contribution >= 4 is 48.3 Å². The fourth-order valence-corrected chi connectivity index (χ4v) is 7.97. The number of benzene rings is 5. The van der Waals surface area contributed by atoms with Crippen LogP contribution in [-0.4, -0.2) is 26.7 Å². The molecule has 1 unspecified atom stereocenters. The fourth-order valence-electron chi connectivity index (χ4n) is 6.13. The predicted molar refractivity (Wildman–Crippen MR) is 189 cm³/mol. The summed E-state index contributed by atoms with van der Waals surface area (Å²) >= 11 is 3.58. The van der Waals surface area contributed by atoms with Crippen molar-refractivity contribution in [3.63, 3.8) is 0 Å². The Bertz CT molecular complexity index is 2140. The summed E-state index contributed by atoms with van der Waals surface area (Å²) in [5, 5.41) is 0.707. The Kier molecular flexibility index (Phi) is 7.97. The first-order valence-corrected chi connectivity index (χ1v) is 17.3. The number of hydrogen-bond acceptors (Lipinski definition) is 4. The van der Waals surface area contributed by atoms with Gasteiger partial charge in [-0.15, -0.1) is 0 Å². The number of aliphatic imine (C=N–C) groups is 1. The topological polar surface area (TPSA) is 62.9 Å². The van der Waals surface area contributed by atoms with Crippen molar-refractivity contribution in [2.75, 3.05) is 10.8 Å². The molecule has 6 aromatic rings. The van der Waals surface area contributed by atoms with E-state index in [4.69, 9.17) is 9.41 Å². The quantitative estimate of drug-likeness (QED) is 0.130. The van der Waals surface area contributed by atoms with Crippen LogP contribution in [0.2, 0.25) is 0 Å². The smallest absolute Gasteiger partial charge is 0.264 e. The van der Waals surface area contributed by atoms with Gasteiger partial charge in [0, 0.05) is 21.0 Å². The Balaban J connectivity index is 1.53. The van der Waals surface area contributed by atoms with Crippen LogP contribution in [0, 0.1) is 6.92 Å². The molecule has 228 valence electrons. The molecule has 7 rings (SSSR count). The van der Waals surface area contributed by atoms with Gasteiger partial charge in [0.15, 0.2) is 0 Å². The van der Waals surface area contributed by atoms with Crippen LogP contribution in [0.5, 0.6) is 0 Å². The van der Waals surface area contributed by atoms with Gasteiger partial charge in [-0.05, 0) is 48.4 Å². The van der Waals surface area contributed by atoms with Crippen LogP contribution in [0.1, 0.15) is 33.9 Å². The summed E-state index contributed by atoms with van der Waals surface area (Å²) in [6, 6.07) is 42.2. The third-order valence-corrected chi connectivity index (χ3v) is 10.6. The largest absolute Gasteiger partial charge is 0.458 e. The van der Waals surface area contributed by atoms with Crippen LogP contribution >= 0.6 is 15.9 Å². The van der Waals surface area contributed by atoms with E-state index in [-0.39, 0.29) is 11.4 Å². The fraction of sp³-hybridized carbons (Fsp3) is 0.103. The molecule has 7 heteroatoms. The van der Waals surface area contributed by atoms with Gasteiger partial charge in [0.2, 0.25) is 0 Å². The highest BCUT2D eigenvalue weighted by Crippen LogP contribution is 2.48. The molecule has 0 fully saturated rings. The first-order chi connectivity index (χ1) is 22.3. The van der Waals surface area contributed by atoms with Crippen LogP contribution in [-0.2, 0) is 10.0 Å². The van der Waals surface area contributed by atoms with Crippen molar-refractivity contribution in [2.24, 2.45) is 4.99 Å². The Labute approximate surface area is 277 Å². The van der Waals surface area contributed by atoms with Crippen molar-refractivity contribution in [1.82, 2.24) is 0 Å². The van der Waals surface area contributed by atoms with Crippen molar-refractivity contribution < 1.29 is 12.8 Å². The molecule has 0 spiro atoms. The molecule has 2 atom stereocenters. The molecule has 0 saturated heterocycles. The van der Waals surface area contributed by atoms with Gasteiger partial charge in [-0.1, -0.05) is 131 Å². The van der Waals surface area contributed by atoms with E-state index in [1.54, 1.807) is 12.1 Å². The molecule has 0 aliphatic carbocycles. The van der Waals surface area contributed by atoms with Crippen molar-refractivity contribution in [2.45, 2.75) is 23.8 Å². The second-order valence-electron chi connectivity index (χ2n) is 11.5. The van der Waals surface area contributed by atoms with Crippen molar-refractivity contribution in [3.05, 3.63) is 178 Å². The molecule has 5 nitrogen and oxygen atoms in total. The highest BCUT2D eigenvalue weighted by molar-refractivity contribution is 9.10. The van der Waals surface area contributed by atoms with E-state index in [1.165, 1.54) is 4.31 Å². The van der Waals surface area contributed by atoms with E-state index in [2.05, 4.69) is 22.5 Å². The third-order valence-electron chi connectivity index (χ3n) is 8.39. The first-order valence-electron chi connectivity index (χ1n) is 15.0. The lowest BCUT2D eigenvalue weighted by atomic mass is 9.85. The number of aryl methyl sites for hydroxylation is 1. The Morgan fingerprint density at radius 3 is 2.02 bits per heavy atom. The summed E-state index contributed by atoms with van der Waals surface area (Å²) in [5.74, 6) is 0.0679. The molecular formula is C39H31BrN2O3S. The highest BCUT2D eigenvalue weighted by atomic mass is 79.9. The second-order valence-corrected chi connectivity index (χ2v) is 14.3. The molecule has 0 radical (unpaired) electrons. The minimum absolute atomic E-state index is 0.0300. The summed E-state index contributed by atoms with van der Waals surface area (Å²) in [7, 11) is -4.03. The molecule has 0 bridgehead atoms. The van der Waals surface area contributed by atoms with E-state index in [0.29, 0.717) is 28.0 Å². The molecule has 0 N–H and O–H groups in total. The van der Waals surface area contributed by atoms with E-state index in [9.17, 15) is 8.42 Å². The molecular weight excluding hydrogens is 656 g/mol. The number of furan rings is 1. The molecule has 0 amide bonds. The van der Waals surface area contributed by atoms with Gasteiger partial charge in [-0.3, -0.25) is 9.30 Å². The number of sulfonamides is 1. The van der Waals surface area contributed by atoms with Gasteiger partial charge in [0.05, 0.1) is 29.1 Å². The van der Waals surface area contributed by atoms with Gasteiger partial charge in [-0.25, -0.2) is 8.42 Å². The summed E-state index contributed by atoms with van der Waals surface area (Å²) in [4.78, 5) is 5.69. The highest BCUT2D eigenvalue weighted by Gasteiger charge is 2.42. The van der Waals surface area contributed by atoms with Gasteiger partial charge < -0.3 is 4.42 Å². The van der Waals surface area contributed by atoms with E-state index < -0.39 is 22.0 Å². The molecule has 2 heterocycles. The summed E-state index contributed by atoms with van der Waals surface area (Å²) in [6.45, 7) is 6.51. The summed E-state index contributed by atoms with van der Waals surface area (Å²) in [5.41, 5.74) is 6.39. The SMILES string of the molecule is C=C1CN(S(=O)(=O)c2ccc(C)cc2)c2c(oc3cc(Br)ccc23)[C@@H](c2ccccc2)C1N=C(c1ccccc1)c1ccccc1. The number of anilines is 1. The molecule has 0 saturated carbocycles. The average Bonchev–Trinajstić information content (AvgIpc) is 3.38. The van der Waals surface area contributed by atoms with E-state index >= 15 is 0 Å². The van der Waals surface area contributed by atoms with Crippen LogP contribution in [0.3, 0.4) is 0 Å². The predicted octanol–water partition coefficient (Wildman–Crippen LogP) is 9.31. The Hall–Kier alpha value is -4.72. The van der Waals surface area contributed by atoms with Gasteiger partial charge >= 0.3 is 0 Å². The second kappa shape index (κ2) is 12.2. The van der Waals surface area contributed by atoms with Crippen LogP contribution in [0.15, 0.2) is 164 Å². The Morgan fingerprint density at radius 1 is 0.826 bits per heavy atom. The number of halogens is 1. The van der Waals surface area contributed by atoms with Gasteiger partial charge in [-0.2, -0.15) is 0 Å². The average molecular weight is 688 g/mol. The lowest BCUT2D eigenvalue weighted by molar-refractivity contribution is 0.499. The molecule has 1 aliphatic heterocycles. The standard InChI is InChI=1S/C39H31BrN2O3S/c1-26-18-21-32(22-19-26)46(43,44)42-25-27(2)36(41-37(29-14-8-4-9-15-29)30-16-10-5-11-17-30)35(28-12-6-3-7-13-28)39-38(42)33-23-20-31(40)24-34(33)45-39/h3-24,35-36H,2,25H2,1H3/t35-,36?/m0/s1. The first kappa shape index (κ1) is 30.0. The van der Waals surface area contributed by atoms with Crippen molar-refractivity contribution in [3.8, 4) is 0 Å². The van der Waals surface area contributed by atoms with E-state index in [1.807, 2.05) is 128 Å². The van der Waals surface area contributed by atoms with Gasteiger partial charge in [0.1, 0.15) is 17.0 Å². The maximum absolute atomic E-state index is 14.6. The normalized spacial score (nSPS) is 16.6. The number of hydrogen-bond donors (Lipinski definition) is 0. The Morgan fingerprint density at radius 2 is 1.41 bits per heavy atom. The minimum atomic E-state index is -4.03. The zero-order chi connectivity index (χ0) is 31.8. The van der Waals surface area contributed by atoms with E-state index in [0.717, 1.165) is 32.4 Å². The zero-order valence-electron chi connectivity index (χ0n) is 25.2. The lowest BCUT2D eigenvalue weighted by Gasteiger charge is -2.25. The number of nitrogens with zero attached hydrogens (tertiary/aromatic N) is 2. The third kappa shape index (κ3) is 5.50. The monoisotopic (exact) mass is 686 g/mol. The maximum atomic E-state index is 14.6. The lowest BCUT2D eigenvalue weighted by Crippen LogP contribution is -2.33. The zero-order valence-corrected chi connectivity index (χ0v) is 27.6. The summed E-state index contributed by atoms with van der Waals surface area (Å²) in [6.07, 6.45) is 0. The summed E-state index contributed by atoms with van der Waals surface area (Å²) < 4.78 is 38.2.